The summed E-state index contributed by atoms with van der Waals surface area (Å²) in [5.41, 5.74) is 0.765. The minimum Gasteiger partial charge on any atom is -0.379 e. The topological polar surface area (TPSA) is 63.7 Å². The number of hydrogen-bond acceptors (Lipinski definition) is 4. The van der Waals surface area contributed by atoms with Crippen LogP contribution in [0.5, 0.6) is 5.75 Å². The Balaban J connectivity index is 2.20. The molecule has 0 spiro atoms. The second-order valence-electron chi connectivity index (χ2n) is 7.41. The van der Waals surface area contributed by atoms with Crippen LogP contribution in [-0.4, -0.2) is 25.8 Å². The molecule has 5 nitrogen and oxygen atoms in total. The summed E-state index contributed by atoms with van der Waals surface area (Å²) in [7, 11) is -4.07. The average molecular weight is 408 g/mol. The molecule has 0 saturated carbocycles. The second-order valence-corrected chi connectivity index (χ2v) is 8.95. The molecule has 0 saturated heterocycles. The Labute approximate surface area is 166 Å². The highest BCUT2D eigenvalue weighted by molar-refractivity contribution is 7.87. The van der Waals surface area contributed by atoms with Crippen LogP contribution >= 0.6 is 0 Å². The van der Waals surface area contributed by atoms with Crippen molar-refractivity contribution in [3.63, 3.8) is 0 Å². The molecule has 2 aromatic carbocycles. The lowest BCUT2D eigenvalue weighted by atomic mass is 10.1. The van der Waals surface area contributed by atoms with Gasteiger partial charge in [-0.3, -0.25) is 4.79 Å². The number of carbonyl (C=O) groups excluding carboxylic acids is 1. The van der Waals surface area contributed by atoms with Gasteiger partial charge in [0.25, 0.3) is 0 Å². The molecule has 152 valence electrons. The van der Waals surface area contributed by atoms with Crippen LogP contribution < -0.4 is 4.18 Å². The Morgan fingerprint density at radius 3 is 2.29 bits per heavy atom. The van der Waals surface area contributed by atoms with Crippen LogP contribution in [0, 0.1) is 17.7 Å². The number of benzene rings is 2. The predicted molar refractivity (Wildman–Crippen MR) is 106 cm³/mol. The largest absolute Gasteiger partial charge is 0.379 e. The fourth-order valence-electron chi connectivity index (χ4n) is 2.73. The number of rotatable bonds is 8. The zero-order valence-electron chi connectivity index (χ0n) is 16.6. The zero-order valence-corrected chi connectivity index (χ0v) is 17.4. The van der Waals surface area contributed by atoms with E-state index in [1.165, 1.54) is 6.07 Å². The van der Waals surface area contributed by atoms with Crippen molar-refractivity contribution in [3.8, 4) is 5.75 Å². The highest BCUT2D eigenvalue weighted by Crippen LogP contribution is 2.21. The van der Waals surface area contributed by atoms with Crippen LogP contribution in [0.1, 0.15) is 33.3 Å². The molecule has 2 aromatic rings. The van der Waals surface area contributed by atoms with Gasteiger partial charge in [-0.2, -0.15) is 8.42 Å². The van der Waals surface area contributed by atoms with Gasteiger partial charge >= 0.3 is 10.1 Å². The van der Waals surface area contributed by atoms with E-state index in [9.17, 15) is 17.6 Å². The van der Waals surface area contributed by atoms with Gasteiger partial charge in [-0.1, -0.05) is 39.8 Å². The first kappa shape index (κ1) is 21.9. The molecular formula is C21H26FNO4S. The highest BCUT2D eigenvalue weighted by Gasteiger charge is 2.20. The average Bonchev–Trinajstić information content (AvgIpc) is 2.60. The SMILES string of the molecule is CC(C)CN(Cc1cccc(OS(=O)(=O)c2ccc(F)cc2)c1)C(=O)C(C)C. The number of halogens is 1. The summed E-state index contributed by atoms with van der Waals surface area (Å²) < 4.78 is 43.0. The van der Waals surface area contributed by atoms with Crippen molar-refractivity contribution < 1.29 is 21.8 Å². The van der Waals surface area contributed by atoms with Crippen LogP contribution in [0.25, 0.3) is 0 Å². The van der Waals surface area contributed by atoms with Crippen molar-refractivity contribution in [2.75, 3.05) is 6.54 Å². The lowest BCUT2D eigenvalue weighted by molar-refractivity contribution is -0.135. The van der Waals surface area contributed by atoms with E-state index in [1.807, 2.05) is 33.8 Å². The molecule has 0 aliphatic carbocycles. The molecule has 0 aliphatic rings. The van der Waals surface area contributed by atoms with Crippen molar-refractivity contribution >= 4 is 16.0 Å². The Morgan fingerprint density at radius 1 is 1.07 bits per heavy atom. The Hall–Kier alpha value is -2.41. The maximum absolute atomic E-state index is 13.0. The van der Waals surface area contributed by atoms with Crippen LogP contribution in [0.15, 0.2) is 53.4 Å². The van der Waals surface area contributed by atoms with Crippen LogP contribution in [0.4, 0.5) is 4.39 Å². The summed E-state index contributed by atoms with van der Waals surface area (Å²) in [5, 5.41) is 0. The first-order valence-corrected chi connectivity index (χ1v) is 10.6. The van der Waals surface area contributed by atoms with Gasteiger partial charge in [-0.15, -0.1) is 0 Å². The lowest BCUT2D eigenvalue weighted by Crippen LogP contribution is -2.36. The normalized spacial score (nSPS) is 11.7. The summed E-state index contributed by atoms with van der Waals surface area (Å²) in [5.74, 6) is -0.165. The third-order valence-corrected chi connectivity index (χ3v) is 5.23. The van der Waals surface area contributed by atoms with E-state index in [-0.39, 0.29) is 22.5 Å². The van der Waals surface area contributed by atoms with Crippen molar-refractivity contribution in [3.05, 3.63) is 59.9 Å². The van der Waals surface area contributed by atoms with E-state index in [0.29, 0.717) is 19.0 Å². The molecule has 0 bridgehead atoms. The van der Waals surface area contributed by atoms with Gasteiger partial charge in [0, 0.05) is 19.0 Å². The summed E-state index contributed by atoms with van der Waals surface area (Å²) >= 11 is 0. The number of carbonyl (C=O) groups is 1. The summed E-state index contributed by atoms with van der Waals surface area (Å²) in [6, 6.07) is 11.1. The van der Waals surface area contributed by atoms with Gasteiger partial charge < -0.3 is 9.08 Å². The molecule has 0 atom stereocenters. The number of amides is 1. The third kappa shape index (κ3) is 6.05. The molecule has 7 heteroatoms. The first-order chi connectivity index (χ1) is 13.1. The van der Waals surface area contributed by atoms with Gasteiger partial charge in [-0.25, -0.2) is 4.39 Å². The van der Waals surface area contributed by atoms with Crippen molar-refractivity contribution in [1.82, 2.24) is 4.90 Å². The maximum Gasteiger partial charge on any atom is 0.339 e. The second kappa shape index (κ2) is 9.19. The molecule has 0 aromatic heterocycles. The van der Waals surface area contributed by atoms with Gasteiger partial charge in [0.2, 0.25) is 5.91 Å². The number of nitrogens with zero attached hydrogens (tertiary/aromatic N) is 1. The van der Waals surface area contributed by atoms with E-state index in [2.05, 4.69) is 0 Å². The van der Waals surface area contributed by atoms with Crippen LogP contribution in [-0.2, 0) is 21.5 Å². The number of hydrogen-bond donors (Lipinski definition) is 0. The fraction of sp³-hybridized carbons (Fsp3) is 0.381. The molecule has 0 N–H and O–H groups in total. The van der Waals surface area contributed by atoms with Gasteiger partial charge in [0.15, 0.2) is 0 Å². The molecule has 0 aliphatic heterocycles. The maximum atomic E-state index is 13.0. The highest BCUT2D eigenvalue weighted by atomic mass is 32.2. The van der Waals surface area contributed by atoms with E-state index in [0.717, 1.165) is 29.8 Å². The van der Waals surface area contributed by atoms with E-state index < -0.39 is 15.9 Å². The molecule has 0 unspecified atom stereocenters. The molecule has 0 radical (unpaired) electrons. The summed E-state index contributed by atoms with van der Waals surface area (Å²) in [6.45, 7) is 8.75. The van der Waals surface area contributed by atoms with Crippen molar-refractivity contribution in [2.45, 2.75) is 39.1 Å². The molecular weight excluding hydrogens is 381 g/mol. The predicted octanol–water partition coefficient (Wildman–Crippen LogP) is 4.23. The van der Waals surface area contributed by atoms with Crippen molar-refractivity contribution in [2.24, 2.45) is 11.8 Å². The lowest BCUT2D eigenvalue weighted by Gasteiger charge is -2.26. The van der Waals surface area contributed by atoms with Gasteiger partial charge in [0.05, 0.1) is 0 Å². The summed E-state index contributed by atoms with van der Waals surface area (Å²) in [6.07, 6.45) is 0. The Bertz CT molecular complexity index is 908. The third-order valence-electron chi connectivity index (χ3n) is 3.97. The molecule has 2 rings (SSSR count). The minimum atomic E-state index is -4.07. The van der Waals surface area contributed by atoms with Crippen LogP contribution in [0.2, 0.25) is 0 Å². The van der Waals surface area contributed by atoms with Gasteiger partial charge in [-0.05, 0) is 47.9 Å². The molecule has 0 fully saturated rings. The standard InChI is InChI=1S/C21H26FNO4S/c1-15(2)13-23(21(24)16(3)4)14-17-6-5-7-19(12-17)27-28(25,26)20-10-8-18(22)9-11-20/h5-12,15-16H,13-14H2,1-4H3. The Kier molecular flexibility index (Phi) is 7.18. The van der Waals surface area contributed by atoms with E-state index in [1.54, 1.807) is 17.0 Å². The van der Waals surface area contributed by atoms with Crippen LogP contribution in [0.3, 0.4) is 0 Å². The minimum absolute atomic E-state index is 0.0407. The first-order valence-electron chi connectivity index (χ1n) is 9.16. The smallest absolute Gasteiger partial charge is 0.339 e. The summed E-state index contributed by atoms with van der Waals surface area (Å²) in [4.78, 5) is 14.1. The molecule has 28 heavy (non-hydrogen) atoms. The van der Waals surface area contributed by atoms with Gasteiger partial charge in [0.1, 0.15) is 16.5 Å². The molecule has 0 heterocycles. The zero-order chi connectivity index (χ0) is 20.9. The van der Waals surface area contributed by atoms with E-state index in [4.69, 9.17) is 4.18 Å². The fourth-order valence-corrected chi connectivity index (χ4v) is 3.65. The molecule has 1 amide bonds. The quantitative estimate of drug-likeness (QED) is 0.614. The monoisotopic (exact) mass is 407 g/mol. The van der Waals surface area contributed by atoms with E-state index >= 15 is 0 Å². The Morgan fingerprint density at radius 2 is 1.71 bits per heavy atom. The van der Waals surface area contributed by atoms with Crippen molar-refractivity contribution in [1.29, 1.82) is 0 Å².